The molecule has 1 heterocycles. The summed E-state index contributed by atoms with van der Waals surface area (Å²) in [6, 6.07) is 5.87. The normalized spacial score (nSPS) is 15.0. The Hall–Kier alpha value is -2.24. The average molecular weight is 334 g/mol. The summed E-state index contributed by atoms with van der Waals surface area (Å²) in [7, 11) is 0. The molecule has 0 atom stereocenters. The molecule has 1 aromatic rings. The molecule has 24 heavy (non-hydrogen) atoms. The molecule has 1 saturated heterocycles. The summed E-state index contributed by atoms with van der Waals surface area (Å²) >= 11 is 0. The first-order valence-electron chi connectivity index (χ1n) is 8.40. The van der Waals surface area contributed by atoms with Crippen molar-refractivity contribution in [3.8, 4) is 5.75 Å². The van der Waals surface area contributed by atoms with Crippen molar-refractivity contribution in [2.24, 2.45) is 0 Å². The molecular formula is C18H26N2O4. The molecular weight excluding hydrogens is 308 g/mol. The van der Waals surface area contributed by atoms with Crippen molar-refractivity contribution in [3.63, 3.8) is 0 Å². The first-order chi connectivity index (χ1) is 11.5. The van der Waals surface area contributed by atoms with Gasteiger partial charge in [0.05, 0.1) is 6.61 Å². The van der Waals surface area contributed by atoms with Crippen LogP contribution in [-0.2, 0) is 9.53 Å². The number of carbonyl (C=O) groups excluding carboxylic acids is 2. The zero-order valence-corrected chi connectivity index (χ0v) is 14.6. The van der Waals surface area contributed by atoms with Gasteiger partial charge < -0.3 is 19.7 Å². The minimum absolute atomic E-state index is 0.0252. The zero-order valence-electron chi connectivity index (χ0n) is 14.6. The van der Waals surface area contributed by atoms with E-state index in [4.69, 9.17) is 9.47 Å². The van der Waals surface area contributed by atoms with Gasteiger partial charge in [-0.3, -0.25) is 4.79 Å². The maximum Gasteiger partial charge on any atom is 0.407 e. The average Bonchev–Trinajstić information content (AvgIpc) is 2.56. The lowest BCUT2D eigenvalue weighted by molar-refractivity contribution is -0.134. The predicted molar refractivity (Wildman–Crippen MR) is 91.2 cm³/mol. The van der Waals surface area contributed by atoms with Crippen LogP contribution in [0.15, 0.2) is 18.2 Å². The first-order valence-corrected chi connectivity index (χ1v) is 8.40. The molecule has 1 aromatic carbocycles. The molecule has 132 valence electrons. The zero-order chi connectivity index (χ0) is 17.5. The van der Waals surface area contributed by atoms with E-state index in [1.807, 2.05) is 32.0 Å². The summed E-state index contributed by atoms with van der Waals surface area (Å²) in [4.78, 5) is 25.4. The van der Waals surface area contributed by atoms with Gasteiger partial charge in [-0.15, -0.1) is 0 Å². The fraction of sp³-hybridized carbons (Fsp3) is 0.556. The molecule has 0 spiro atoms. The molecule has 0 saturated carbocycles. The third kappa shape index (κ3) is 5.15. The molecule has 1 aliphatic heterocycles. The number of hydrogen-bond acceptors (Lipinski definition) is 4. The van der Waals surface area contributed by atoms with E-state index in [1.54, 1.807) is 11.8 Å². The monoisotopic (exact) mass is 334 g/mol. The highest BCUT2D eigenvalue weighted by Gasteiger charge is 2.24. The van der Waals surface area contributed by atoms with Crippen LogP contribution in [0, 0.1) is 13.8 Å². The Morgan fingerprint density at radius 1 is 1.21 bits per heavy atom. The number of nitrogens with zero attached hydrogens (tertiary/aromatic N) is 1. The summed E-state index contributed by atoms with van der Waals surface area (Å²) in [6.45, 7) is 7.47. The van der Waals surface area contributed by atoms with Crippen LogP contribution in [-0.4, -0.2) is 49.2 Å². The van der Waals surface area contributed by atoms with Crippen LogP contribution < -0.4 is 10.1 Å². The lowest BCUT2D eigenvalue weighted by atomic mass is 10.1. The van der Waals surface area contributed by atoms with Crippen LogP contribution in [0.3, 0.4) is 0 Å². The Morgan fingerprint density at radius 2 is 1.92 bits per heavy atom. The predicted octanol–water partition coefficient (Wildman–Crippen LogP) is 2.42. The molecule has 1 aliphatic rings. The number of carbonyl (C=O) groups is 2. The number of hydrogen-bond donors (Lipinski definition) is 1. The lowest BCUT2D eigenvalue weighted by Gasteiger charge is -2.32. The standard InChI is InChI=1S/C18H26N2O4/c1-4-23-18(22)19-15-7-9-20(10-8-15)17(21)12-24-16-6-5-13(2)14(3)11-16/h5-6,11,15H,4,7-10,12H2,1-3H3,(H,19,22). The van der Waals surface area contributed by atoms with Crippen LogP contribution in [0.4, 0.5) is 4.79 Å². The van der Waals surface area contributed by atoms with E-state index < -0.39 is 0 Å². The summed E-state index contributed by atoms with van der Waals surface area (Å²) in [5.41, 5.74) is 2.34. The number of rotatable bonds is 5. The molecule has 6 nitrogen and oxygen atoms in total. The Balaban J connectivity index is 1.74. The quantitative estimate of drug-likeness (QED) is 0.898. The molecule has 0 aliphatic carbocycles. The molecule has 0 unspecified atom stereocenters. The third-order valence-corrected chi connectivity index (χ3v) is 4.29. The summed E-state index contributed by atoms with van der Waals surface area (Å²) < 4.78 is 10.5. The smallest absolute Gasteiger partial charge is 0.407 e. The third-order valence-electron chi connectivity index (χ3n) is 4.29. The van der Waals surface area contributed by atoms with Crippen LogP contribution in [0.2, 0.25) is 0 Å². The summed E-state index contributed by atoms with van der Waals surface area (Å²) in [5.74, 6) is 0.688. The van der Waals surface area contributed by atoms with E-state index in [0.717, 1.165) is 18.4 Å². The first kappa shape index (κ1) is 18.1. The minimum atomic E-state index is -0.389. The van der Waals surface area contributed by atoms with E-state index in [0.29, 0.717) is 25.4 Å². The molecule has 1 fully saturated rings. The second-order valence-corrected chi connectivity index (χ2v) is 6.05. The van der Waals surface area contributed by atoms with E-state index in [2.05, 4.69) is 5.32 Å². The van der Waals surface area contributed by atoms with Gasteiger partial charge in [0.25, 0.3) is 5.91 Å². The Bertz CT molecular complexity index is 580. The van der Waals surface area contributed by atoms with E-state index in [1.165, 1.54) is 5.56 Å². The molecule has 2 rings (SSSR count). The molecule has 0 aromatic heterocycles. The fourth-order valence-electron chi connectivity index (χ4n) is 2.65. The number of alkyl carbamates (subject to hydrolysis) is 1. The Kier molecular flexibility index (Phi) is 6.46. The van der Waals surface area contributed by atoms with Crippen LogP contribution in [0.1, 0.15) is 30.9 Å². The molecule has 2 amide bonds. The van der Waals surface area contributed by atoms with Gasteiger partial charge in [-0.05, 0) is 56.9 Å². The van der Waals surface area contributed by atoms with Gasteiger partial charge in [0.2, 0.25) is 0 Å². The summed E-state index contributed by atoms with van der Waals surface area (Å²) in [6.07, 6.45) is 1.07. The van der Waals surface area contributed by atoms with Gasteiger partial charge in [0.15, 0.2) is 6.61 Å². The number of piperidine rings is 1. The molecule has 0 radical (unpaired) electrons. The second-order valence-electron chi connectivity index (χ2n) is 6.05. The largest absolute Gasteiger partial charge is 0.484 e. The van der Waals surface area contributed by atoms with E-state index >= 15 is 0 Å². The van der Waals surface area contributed by atoms with Crippen molar-refractivity contribution >= 4 is 12.0 Å². The van der Waals surface area contributed by atoms with Crippen molar-refractivity contribution in [2.75, 3.05) is 26.3 Å². The van der Waals surface area contributed by atoms with Crippen molar-refractivity contribution in [2.45, 2.75) is 39.7 Å². The van der Waals surface area contributed by atoms with Crippen LogP contribution in [0.25, 0.3) is 0 Å². The topological polar surface area (TPSA) is 67.9 Å². The SMILES string of the molecule is CCOC(=O)NC1CCN(C(=O)COc2ccc(C)c(C)c2)CC1. The van der Waals surface area contributed by atoms with Crippen molar-refractivity contribution in [3.05, 3.63) is 29.3 Å². The number of benzene rings is 1. The van der Waals surface area contributed by atoms with Gasteiger partial charge >= 0.3 is 6.09 Å². The minimum Gasteiger partial charge on any atom is -0.484 e. The second kappa shape index (κ2) is 8.57. The number of amides is 2. The van der Waals surface area contributed by atoms with Gasteiger partial charge in [0.1, 0.15) is 5.75 Å². The van der Waals surface area contributed by atoms with Crippen molar-refractivity contribution in [1.82, 2.24) is 10.2 Å². The highest BCUT2D eigenvalue weighted by atomic mass is 16.5. The number of ether oxygens (including phenoxy) is 2. The van der Waals surface area contributed by atoms with Gasteiger partial charge in [-0.25, -0.2) is 4.79 Å². The Morgan fingerprint density at radius 3 is 2.54 bits per heavy atom. The number of nitrogens with one attached hydrogen (secondary N) is 1. The van der Waals surface area contributed by atoms with Crippen molar-refractivity contribution < 1.29 is 19.1 Å². The maximum atomic E-state index is 12.2. The number of likely N-dealkylation sites (tertiary alicyclic amines) is 1. The number of aryl methyl sites for hydroxylation is 2. The van der Waals surface area contributed by atoms with E-state index in [-0.39, 0.29) is 24.6 Å². The molecule has 1 N–H and O–H groups in total. The molecule has 6 heteroatoms. The highest BCUT2D eigenvalue weighted by Crippen LogP contribution is 2.17. The van der Waals surface area contributed by atoms with Crippen molar-refractivity contribution in [1.29, 1.82) is 0 Å². The molecule has 0 bridgehead atoms. The highest BCUT2D eigenvalue weighted by molar-refractivity contribution is 5.78. The van der Waals surface area contributed by atoms with E-state index in [9.17, 15) is 9.59 Å². The fourth-order valence-corrected chi connectivity index (χ4v) is 2.65. The Labute approximate surface area is 143 Å². The lowest BCUT2D eigenvalue weighted by Crippen LogP contribution is -2.47. The van der Waals surface area contributed by atoms with Crippen LogP contribution in [0.5, 0.6) is 5.75 Å². The van der Waals surface area contributed by atoms with Gasteiger partial charge in [0, 0.05) is 19.1 Å². The van der Waals surface area contributed by atoms with Gasteiger partial charge in [-0.2, -0.15) is 0 Å². The van der Waals surface area contributed by atoms with Crippen LogP contribution >= 0.6 is 0 Å². The maximum absolute atomic E-state index is 12.2. The summed E-state index contributed by atoms with van der Waals surface area (Å²) in [5, 5.41) is 2.82. The van der Waals surface area contributed by atoms with Gasteiger partial charge in [-0.1, -0.05) is 6.07 Å².